The molecule has 2 nitrogen and oxygen atoms in total. The maximum atomic E-state index is 12.1. The van der Waals surface area contributed by atoms with Crippen molar-refractivity contribution in [1.29, 1.82) is 0 Å². The Labute approximate surface area is 121 Å². The quantitative estimate of drug-likeness (QED) is 0.604. The first-order valence-electron chi connectivity index (χ1n) is 6.48. The van der Waals surface area contributed by atoms with Crippen LogP contribution in [-0.4, -0.2) is 13.2 Å². The molecule has 1 aromatic rings. The number of ether oxygens (including phenoxy) is 1. The third kappa shape index (κ3) is 1.91. The summed E-state index contributed by atoms with van der Waals surface area (Å²) >= 11 is 0. The maximum absolute atomic E-state index is 12.1. The van der Waals surface area contributed by atoms with Gasteiger partial charge in [-0.15, -0.1) is 6.10 Å². The van der Waals surface area contributed by atoms with Crippen molar-refractivity contribution in [2.75, 3.05) is 7.11 Å². The molecule has 2 aliphatic carbocycles. The first-order valence-corrected chi connectivity index (χ1v) is 6.48. The molecule has 3 rings (SSSR count). The van der Waals surface area contributed by atoms with Gasteiger partial charge in [0.2, 0.25) is 0 Å². The standard InChI is InChI=1S/C15H19O2.Li/c1-15-8-7-10-9-11(17-2)3-4-12(10)13(15)5-6-14(15)16;/h3-4,9,13-14H,5-8H2,1-2H3;/q-1;+1/t13-,14-,15+;/m0./s1. The van der Waals surface area contributed by atoms with Crippen LogP contribution in [0, 0.1) is 5.41 Å². The van der Waals surface area contributed by atoms with Crippen LogP contribution in [0.2, 0.25) is 0 Å². The summed E-state index contributed by atoms with van der Waals surface area (Å²) in [6.45, 7) is 2.19. The summed E-state index contributed by atoms with van der Waals surface area (Å²) in [6, 6.07) is 6.35. The third-order valence-corrected chi connectivity index (χ3v) is 4.91. The van der Waals surface area contributed by atoms with E-state index in [1.165, 1.54) is 11.1 Å². The first kappa shape index (κ1) is 14.0. The van der Waals surface area contributed by atoms with E-state index in [-0.39, 0.29) is 30.4 Å². The van der Waals surface area contributed by atoms with E-state index in [2.05, 4.69) is 19.1 Å². The van der Waals surface area contributed by atoms with Gasteiger partial charge in [-0.25, -0.2) is 0 Å². The minimum atomic E-state index is -0.372. The van der Waals surface area contributed by atoms with E-state index in [9.17, 15) is 5.11 Å². The average Bonchev–Trinajstić information content (AvgIpc) is 2.65. The van der Waals surface area contributed by atoms with E-state index in [4.69, 9.17) is 4.74 Å². The summed E-state index contributed by atoms with van der Waals surface area (Å²) in [5, 5.41) is 12.1. The molecule has 18 heavy (non-hydrogen) atoms. The maximum Gasteiger partial charge on any atom is 1.00 e. The van der Waals surface area contributed by atoms with Gasteiger partial charge in [0.1, 0.15) is 5.75 Å². The molecule has 2 aliphatic rings. The van der Waals surface area contributed by atoms with Crippen molar-refractivity contribution in [2.24, 2.45) is 5.41 Å². The molecule has 0 N–H and O–H groups in total. The third-order valence-electron chi connectivity index (χ3n) is 4.91. The first-order chi connectivity index (χ1) is 8.15. The molecule has 0 aliphatic heterocycles. The SMILES string of the molecule is COc1ccc2c(c1)CC[C@@]1(C)[C@@H]([O-])CC[C@@H]21.[Li+]. The molecule has 0 bridgehead atoms. The molecule has 1 saturated carbocycles. The molecule has 92 valence electrons. The average molecular weight is 238 g/mol. The molecule has 1 fully saturated rings. The molecule has 0 heterocycles. The van der Waals surface area contributed by atoms with Crippen LogP contribution < -0.4 is 28.7 Å². The monoisotopic (exact) mass is 238 g/mol. The largest absolute Gasteiger partial charge is 1.00 e. The van der Waals surface area contributed by atoms with Crippen molar-refractivity contribution in [3.8, 4) is 5.75 Å². The predicted octanol–water partition coefficient (Wildman–Crippen LogP) is -0.742. The summed E-state index contributed by atoms with van der Waals surface area (Å²) in [6.07, 6.45) is 3.59. The fraction of sp³-hybridized carbons (Fsp3) is 0.600. The normalized spacial score (nSPS) is 33.3. The smallest absolute Gasteiger partial charge is 0.852 e. The van der Waals surface area contributed by atoms with E-state index in [1.54, 1.807) is 7.11 Å². The molecule has 3 atom stereocenters. The van der Waals surface area contributed by atoms with E-state index in [0.29, 0.717) is 5.92 Å². The minimum Gasteiger partial charge on any atom is -0.852 e. The molecule has 0 radical (unpaired) electrons. The van der Waals surface area contributed by atoms with Crippen molar-refractivity contribution in [3.05, 3.63) is 29.3 Å². The summed E-state index contributed by atoms with van der Waals surface area (Å²) < 4.78 is 5.28. The number of rotatable bonds is 1. The van der Waals surface area contributed by atoms with Crippen LogP contribution in [0.5, 0.6) is 5.75 Å². The van der Waals surface area contributed by atoms with Crippen molar-refractivity contribution >= 4 is 0 Å². The molecule has 0 saturated heterocycles. The Balaban J connectivity index is 0.00000120. The Morgan fingerprint density at radius 2 is 2.11 bits per heavy atom. The van der Waals surface area contributed by atoms with Gasteiger partial charge in [-0.3, -0.25) is 0 Å². The summed E-state index contributed by atoms with van der Waals surface area (Å²) in [5.74, 6) is 1.41. The molecule has 3 heteroatoms. The fourth-order valence-corrected chi connectivity index (χ4v) is 3.72. The van der Waals surface area contributed by atoms with Crippen LogP contribution in [0.25, 0.3) is 0 Å². The van der Waals surface area contributed by atoms with Crippen molar-refractivity contribution in [3.63, 3.8) is 0 Å². The van der Waals surface area contributed by atoms with Crippen molar-refractivity contribution < 1.29 is 28.7 Å². The van der Waals surface area contributed by atoms with Gasteiger partial charge in [0.15, 0.2) is 0 Å². The van der Waals surface area contributed by atoms with Crippen LogP contribution in [0.4, 0.5) is 0 Å². The Bertz CT molecular complexity index is 446. The molecular weight excluding hydrogens is 219 g/mol. The molecule has 0 unspecified atom stereocenters. The zero-order valence-electron chi connectivity index (χ0n) is 11.5. The number of benzene rings is 1. The molecular formula is C15H19LiO2. The Morgan fingerprint density at radius 3 is 2.83 bits per heavy atom. The van der Waals surface area contributed by atoms with Crippen molar-refractivity contribution in [1.82, 2.24) is 0 Å². The fourth-order valence-electron chi connectivity index (χ4n) is 3.72. The summed E-state index contributed by atoms with van der Waals surface area (Å²) in [4.78, 5) is 0. The molecule has 0 spiro atoms. The van der Waals surface area contributed by atoms with Gasteiger partial charge in [-0.1, -0.05) is 19.4 Å². The number of hydrogen-bond donors (Lipinski definition) is 0. The van der Waals surface area contributed by atoms with Gasteiger partial charge in [0.25, 0.3) is 0 Å². The topological polar surface area (TPSA) is 32.3 Å². The summed E-state index contributed by atoms with van der Waals surface area (Å²) in [7, 11) is 1.71. The van der Waals surface area contributed by atoms with Gasteiger partial charge in [-0.05, 0) is 53.9 Å². The van der Waals surface area contributed by atoms with Gasteiger partial charge in [0.05, 0.1) is 7.11 Å². The van der Waals surface area contributed by atoms with Crippen LogP contribution in [0.15, 0.2) is 18.2 Å². The van der Waals surface area contributed by atoms with Crippen LogP contribution in [0.3, 0.4) is 0 Å². The van der Waals surface area contributed by atoms with Gasteiger partial charge in [0, 0.05) is 0 Å². The Hall–Kier alpha value is -0.423. The molecule has 0 aromatic heterocycles. The Kier molecular flexibility index (Phi) is 3.83. The second-order valence-corrected chi connectivity index (χ2v) is 5.69. The van der Waals surface area contributed by atoms with Gasteiger partial charge >= 0.3 is 18.9 Å². The van der Waals surface area contributed by atoms with Crippen LogP contribution >= 0.6 is 0 Å². The van der Waals surface area contributed by atoms with E-state index >= 15 is 0 Å². The Morgan fingerprint density at radius 1 is 1.33 bits per heavy atom. The molecule has 1 aromatic carbocycles. The van der Waals surface area contributed by atoms with Crippen LogP contribution in [0.1, 0.15) is 43.2 Å². The van der Waals surface area contributed by atoms with Crippen LogP contribution in [-0.2, 0) is 6.42 Å². The number of fused-ring (bicyclic) bond motifs is 3. The van der Waals surface area contributed by atoms with E-state index < -0.39 is 0 Å². The van der Waals surface area contributed by atoms with Crippen molar-refractivity contribution in [2.45, 2.75) is 44.6 Å². The second kappa shape index (κ2) is 4.93. The van der Waals surface area contributed by atoms with Gasteiger partial charge < -0.3 is 9.84 Å². The zero-order valence-corrected chi connectivity index (χ0v) is 11.5. The van der Waals surface area contributed by atoms with E-state index in [0.717, 1.165) is 31.4 Å². The molecule has 0 amide bonds. The number of aryl methyl sites for hydroxylation is 1. The van der Waals surface area contributed by atoms with Gasteiger partial charge in [-0.2, -0.15) is 0 Å². The summed E-state index contributed by atoms with van der Waals surface area (Å²) in [5.41, 5.74) is 2.78. The second-order valence-electron chi connectivity index (χ2n) is 5.69. The number of hydrogen-bond acceptors (Lipinski definition) is 2. The minimum absolute atomic E-state index is 0. The predicted molar refractivity (Wildman–Crippen MR) is 65.2 cm³/mol. The zero-order chi connectivity index (χ0) is 12.0. The number of methoxy groups -OCH3 is 1. The van der Waals surface area contributed by atoms with E-state index in [1.807, 2.05) is 6.07 Å².